The van der Waals surface area contributed by atoms with E-state index in [1.165, 1.54) is 0 Å². The van der Waals surface area contributed by atoms with Crippen molar-refractivity contribution in [1.82, 2.24) is 15.0 Å². The van der Waals surface area contributed by atoms with E-state index in [1.54, 1.807) is 17.5 Å². The van der Waals surface area contributed by atoms with E-state index >= 15 is 0 Å². The number of H-pyrrole nitrogens is 1. The molecule has 3 aromatic heterocycles. The number of aromatic amines is 1. The van der Waals surface area contributed by atoms with Crippen LogP contribution in [0.5, 0.6) is 0 Å². The molecule has 3 aromatic rings. The van der Waals surface area contributed by atoms with Crippen molar-refractivity contribution in [3.8, 4) is 11.3 Å². The van der Waals surface area contributed by atoms with E-state index in [9.17, 15) is 0 Å². The predicted octanol–water partition coefficient (Wildman–Crippen LogP) is 3.28. The van der Waals surface area contributed by atoms with Gasteiger partial charge < -0.3 is 15.0 Å². The second kappa shape index (κ2) is 5.46. The second-order valence-corrected chi connectivity index (χ2v) is 6.01. The van der Waals surface area contributed by atoms with Gasteiger partial charge in [-0.1, -0.05) is 0 Å². The Kier molecular flexibility index (Phi) is 3.33. The Bertz CT molecular complexity index is 745. The van der Waals surface area contributed by atoms with Crippen molar-refractivity contribution < 1.29 is 4.74 Å². The molecule has 0 aliphatic carbocycles. The molecule has 0 radical (unpaired) electrons. The molecule has 1 fully saturated rings. The van der Waals surface area contributed by atoms with Crippen molar-refractivity contribution in [1.29, 1.82) is 0 Å². The topological polar surface area (TPSA) is 62.8 Å². The molecule has 0 bridgehead atoms. The number of fused-ring (bicyclic) bond motifs is 1. The lowest BCUT2D eigenvalue weighted by Gasteiger charge is -2.09. The number of anilines is 1. The third-order valence-electron chi connectivity index (χ3n) is 3.74. The first-order chi connectivity index (χ1) is 10.4. The van der Waals surface area contributed by atoms with Crippen LogP contribution < -0.4 is 5.32 Å². The standard InChI is InChI=1S/C15H16N4OS/c1-4-11-12(8-17-14(11)16-5-1)13-9-21-15(19-13)18-7-10-3-2-6-20-10/h1,4-5,8-10H,2-3,6-7H2,(H,16,17)(H,18,19). The lowest BCUT2D eigenvalue weighted by Crippen LogP contribution is -2.18. The Morgan fingerprint density at radius 2 is 2.48 bits per heavy atom. The van der Waals surface area contributed by atoms with Gasteiger partial charge in [0.05, 0.1) is 11.8 Å². The van der Waals surface area contributed by atoms with Crippen LogP contribution in [0.2, 0.25) is 0 Å². The zero-order valence-corrected chi connectivity index (χ0v) is 12.3. The van der Waals surface area contributed by atoms with Gasteiger partial charge in [-0.25, -0.2) is 9.97 Å². The summed E-state index contributed by atoms with van der Waals surface area (Å²) in [6.07, 6.45) is 6.39. The fourth-order valence-corrected chi connectivity index (χ4v) is 3.37. The molecule has 1 saturated heterocycles. The average molecular weight is 300 g/mol. The van der Waals surface area contributed by atoms with Crippen LogP contribution in [-0.4, -0.2) is 34.2 Å². The minimum atomic E-state index is 0.328. The van der Waals surface area contributed by atoms with Crippen LogP contribution in [0, 0.1) is 0 Å². The molecule has 21 heavy (non-hydrogen) atoms. The first-order valence-corrected chi connectivity index (χ1v) is 8.01. The zero-order valence-electron chi connectivity index (χ0n) is 11.5. The molecule has 1 atom stereocenters. The number of pyridine rings is 1. The molecule has 1 aliphatic rings. The number of nitrogens with one attached hydrogen (secondary N) is 2. The Morgan fingerprint density at radius 3 is 3.38 bits per heavy atom. The van der Waals surface area contributed by atoms with Gasteiger partial charge >= 0.3 is 0 Å². The molecule has 108 valence electrons. The molecule has 5 nitrogen and oxygen atoms in total. The predicted molar refractivity (Wildman–Crippen MR) is 84.7 cm³/mol. The van der Waals surface area contributed by atoms with Gasteiger partial charge in [0, 0.05) is 41.9 Å². The van der Waals surface area contributed by atoms with Gasteiger partial charge in [0.2, 0.25) is 0 Å². The Labute approximate surface area is 126 Å². The zero-order chi connectivity index (χ0) is 14.1. The van der Waals surface area contributed by atoms with Crippen molar-refractivity contribution >= 4 is 27.5 Å². The van der Waals surface area contributed by atoms with E-state index < -0.39 is 0 Å². The number of rotatable bonds is 4. The van der Waals surface area contributed by atoms with Crippen LogP contribution in [0.25, 0.3) is 22.3 Å². The average Bonchev–Trinajstić information content (AvgIpc) is 3.25. The molecule has 0 saturated carbocycles. The molecule has 4 rings (SSSR count). The Morgan fingerprint density at radius 1 is 1.48 bits per heavy atom. The molecule has 4 heterocycles. The molecule has 1 unspecified atom stereocenters. The minimum Gasteiger partial charge on any atom is -0.376 e. The molecule has 0 aromatic carbocycles. The summed E-state index contributed by atoms with van der Waals surface area (Å²) in [6, 6.07) is 4.01. The maximum atomic E-state index is 5.61. The highest BCUT2D eigenvalue weighted by Gasteiger charge is 2.16. The highest BCUT2D eigenvalue weighted by atomic mass is 32.1. The molecule has 1 aliphatic heterocycles. The number of aromatic nitrogens is 3. The van der Waals surface area contributed by atoms with Crippen molar-refractivity contribution in [2.45, 2.75) is 18.9 Å². The maximum absolute atomic E-state index is 5.61. The van der Waals surface area contributed by atoms with E-state index in [2.05, 4.69) is 31.7 Å². The molecule has 2 N–H and O–H groups in total. The fraction of sp³-hybridized carbons (Fsp3) is 0.333. The summed E-state index contributed by atoms with van der Waals surface area (Å²) in [4.78, 5) is 12.2. The summed E-state index contributed by atoms with van der Waals surface area (Å²) >= 11 is 1.63. The summed E-state index contributed by atoms with van der Waals surface area (Å²) in [7, 11) is 0. The lowest BCUT2D eigenvalue weighted by molar-refractivity contribution is 0.120. The largest absolute Gasteiger partial charge is 0.376 e. The van der Waals surface area contributed by atoms with Gasteiger partial charge in [0.1, 0.15) is 5.65 Å². The normalized spacial score (nSPS) is 18.4. The maximum Gasteiger partial charge on any atom is 0.183 e. The molecule has 6 heteroatoms. The van der Waals surface area contributed by atoms with E-state index in [0.717, 1.165) is 53.4 Å². The van der Waals surface area contributed by atoms with Crippen LogP contribution in [0.1, 0.15) is 12.8 Å². The molecule has 0 amide bonds. The first-order valence-electron chi connectivity index (χ1n) is 7.13. The van der Waals surface area contributed by atoms with E-state index in [1.807, 2.05) is 12.3 Å². The number of thiazole rings is 1. The van der Waals surface area contributed by atoms with Crippen molar-refractivity contribution in [2.75, 3.05) is 18.5 Å². The lowest BCUT2D eigenvalue weighted by atomic mass is 10.2. The van der Waals surface area contributed by atoms with Crippen molar-refractivity contribution in [3.05, 3.63) is 29.9 Å². The van der Waals surface area contributed by atoms with Crippen molar-refractivity contribution in [3.63, 3.8) is 0 Å². The molecular formula is C15H16N4OS. The van der Waals surface area contributed by atoms with Crippen molar-refractivity contribution in [2.24, 2.45) is 0 Å². The quantitative estimate of drug-likeness (QED) is 0.776. The first kappa shape index (κ1) is 12.8. The fourth-order valence-electron chi connectivity index (χ4n) is 2.65. The van der Waals surface area contributed by atoms with Gasteiger partial charge in [-0.05, 0) is 25.0 Å². The summed E-state index contributed by atoms with van der Waals surface area (Å²) in [6.45, 7) is 1.72. The van der Waals surface area contributed by atoms with E-state index in [0.29, 0.717) is 6.10 Å². The monoisotopic (exact) mass is 300 g/mol. The van der Waals surface area contributed by atoms with Gasteiger partial charge in [-0.2, -0.15) is 0 Å². The molecular weight excluding hydrogens is 284 g/mol. The van der Waals surface area contributed by atoms with Crippen LogP contribution >= 0.6 is 11.3 Å². The Balaban J connectivity index is 1.53. The number of ether oxygens (including phenoxy) is 1. The highest BCUT2D eigenvalue weighted by molar-refractivity contribution is 7.14. The van der Waals surface area contributed by atoms with E-state index in [-0.39, 0.29) is 0 Å². The summed E-state index contributed by atoms with van der Waals surface area (Å²) in [5, 5.41) is 7.50. The number of hydrogen-bond donors (Lipinski definition) is 2. The van der Waals surface area contributed by atoms with E-state index in [4.69, 9.17) is 4.74 Å². The second-order valence-electron chi connectivity index (χ2n) is 5.16. The minimum absolute atomic E-state index is 0.328. The summed E-state index contributed by atoms with van der Waals surface area (Å²) < 4.78 is 5.61. The third kappa shape index (κ3) is 2.52. The summed E-state index contributed by atoms with van der Waals surface area (Å²) in [5.41, 5.74) is 2.97. The highest BCUT2D eigenvalue weighted by Crippen LogP contribution is 2.30. The van der Waals surface area contributed by atoms with Crippen LogP contribution in [0.4, 0.5) is 5.13 Å². The Hall–Kier alpha value is -1.92. The summed E-state index contributed by atoms with van der Waals surface area (Å²) in [5.74, 6) is 0. The SMILES string of the molecule is c1cnc2[nH]cc(-c3csc(NCC4CCCO4)n3)c2c1. The van der Waals surface area contributed by atoms with Gasteiger partial charge in [0.25, 0.3) is 0 Å². The number of nitrogens with zero attached hydrogens (tertiary/aromatic N) is 2. The third-order valence-corrected chi connectivity index (χ3v) is 4.54. The van der Waals surface area contributed by atoms with Crippen LogP contribution in [0.15, 0.2) is 29.9 Å². The van der Waals surface area contributed by atoms with Gasteiger partial charge in [-0.15, -0.1) is 11.3 Å². The number of hydrogen-bond acceptors (Lipinski definition) is 5. The van der Waals surface area contributed by atoms with Crippen LogP contribution in [0.3, 0.4) is 0 Å². The molecule has 0 spiro atoms. The van der Waals surface area contributed by atoms with Gasteiger partial charge in [-0.3, -0.25) is 0 Å². The van der Waals surface area contributed by atoms with Crippen LogP contribution in [-0.2, 0) is 4.74 Å². The smallest absolute Gasteiger partial charge is 0.183 e. The van der Waals surface area contributed by atoms with Gasteiger partial charge in [0.15, 0.2) is 5.13 Å².